The van der Waals surface area contributed by atoms with Crippen molar-refractivity contribution in [1.29, 1.82) is 0 Å². The molecule has 2 aromatic heterocycles. The topological polar surface area (TPSA) is 110 Å². The van der Waals surface area contributed by atoms with Gasteiger partial charge in [-0.2, -0.15) is 5.10 Å². The fraction of sp³-hybridized carbons (Fsp3) is 0.300. The normalized spacial score (nSPS) is 10.3. The molecule has 1 amide bonds. The second-order valence-corrected chi connectivity index (χ2v) is 4.56. The van der Waals surface area contributed by atoms with Gasteiger partial charge in [0.15, 0.2) is 5.69 Å². The number of nitrogens with one attached hydrogen (secondary N) is 1. The molecule has 8 nitrogen and oxygen atoms in total. The summed E-state index contributed by atoms with van der Waals surface area (Å²) in [7, 11) is 0. The zero-order valence-electron chi connectivity index (χ0n) is 9.81. The molecule has 0 atom stereocenters. The van der Waals surface area contributed by atoms with Gasteiger partial charge in [-0.3, -0.25) is 9.48 Å². The first kappa shape index (κ1) is 13.1. The number of hydrogen-bond acceptors (Lipinski definition) is 6. The highest BCUT2D eigenvalue weighted by molar-refractivity contribution is 7.09. The lowest BCUT2D eigenvalue weighted by atomic mass is 10.4. The molecule has 2 N–H and O–H groups in total. The molecule has 0 aromatic carbocycles. The second-order valence-electron chi connectivity index (χ2n) is 3.62. The number of nitrogens with zero attached hydrogens (tertiary/aromatic N) is 4. The molecule has 19 heavy (non-hydrogen) atoms. The summed E-state index contributed by atoms with van der Waals surface area (Å²) >= 11 is 1.20. The Kier molecular flexibility index (Phi) is 4.18. The summed E-state index contributed by atoms with van der Waals surface area (Å²) in [4.78, 5) is 29.8. The van der Waals surface area contributed by atoms with E-state index in [4.69, 9.17) is 5.11 Å². The van der Waals surface area contributed by atoms with Gasteiger partial charge in [-0.1, -0.05) is 0 Å². The number of carbonyl (C=O) groups is 2. The van der Waals surface area contributed by atoms with E-state index in [-0.39, 0.29) is 24.6 Å². The van der Waals surface area contributed by atoms with Crippen LogP contribution in [0.3, 0.4) is 0 Å². The maximum absolute atomic E-state index is 11.5. The van der Waals surface area contributed by atoms with Crippen molar-refractivity contribution in [2.75, 3.05) is 0 Å². The van der Waals surface area contributed by atoms with Crippen LogP contribution in [0.25, 0.3) is 0 Å². The number of hydrogen-bond donors (Lipinski definition) is 2. The zero-order valence-corrected chi connectivity index (χ0v) is 10.6. The molecule has 0 fully saturated rings. The molecule has 0 radical (unpaired) electrons. The number of rotatable bonds is 6. The van der Waals surface area contributed by atoms with Crippen LogP contribution in [0.1, 0.15) is 21.9 Å². The zero-order chi connectivity index (χ0) is 13.7. The number of thiazole rings is 1. The molecule has 0 aliphatic heterocycles. The standard InChI is InChI=1S/C10H11N5O3S/c16-8(1-2-15-6-11-5-13-15)12-3-9-14-7(4-19-9)10(17)18/h4-6H,1-3H2,(H,12,16)(H,17,18). The smallest absolute Gasteiger partial charge is 0.355 e. The average molecular weight is 281 g/mol. The first-order chi connectivity index (χ1) is 9.15. The van der Waals surface area contributed by atoms with Crippen molar-refractivity contribution in [2.24, 2.45) is 0 Å². The van der Waals surface area contributed by atoms with Crippen LogP contribution in [0.5, 0.6) is 0 Å². The predicted molar refractivity (Wildman–Crippen MR) is 65.6 cm³/mol. The first-order valence-corrected chi connectivity index (χ1v) is 6.30. The Morgan fingerprint density at radius 3 is 2.95 bits per heavy atom. The monoisotopic (exact) mass is 281 g/mol. The van der Waals surface area contributed by atoms with E-state index in [1.165, 1.54) is 29.4 Å². The van der Waals surface area contributed by atoms with E-state index >= 15 is 0 Å². The Morgan fingerprint density at radius 1 is 1.47 bits per heavy atom. The van der Waals surface area contributed by atoms with E-state index in [1.807, 2.05) is 0 Å². The quantitative estimate of drug-likeness (QED) is 0.779. The minimum Gasteiger partial charge on any atom is -0.476 e. The molecular weight excluding hydrogens is 270 g/mol. The van der Waals surface area contributed by atoms with Crippen molar-refractivity contribution < 1.29 is 14.7 Å². The largest absolute Gasteiger partial charge is 0.476 e. The highest BCUT2D eigenvalue weighted by Gasteiger charge is 2.09. The van der Waals surface area contributed by atoms with Crippen LogP contribution in [0.2, 0.25) is 0 Å². The van der Waals surface area contributed by atoms with Gasteiger partial charge in [-0.05, 0) is 0 Å². The molecule has 2 heterocycles. The number of aryl methyl sites for hydroxylation is 1. The highest BCUT2D eigenvalue weighted by atomic mass is 32.1. The molecular formula is C10H11N5O3S. The number of aromatic nitrogens is 4. The molecule has 0 aliphatic carbocycles. The summed E-state index contributed by atoms with van der Waals surface area (Å²) in [5, 5.41) is 17.3. The average Bonchev–Trinajstić information content (AvgIpc) is 3.05. The lowest BCUT2D eigenvalue weighted by Gasteiger charge is -2.02. The van der Waals surface area contributed by atoms with Crippen LogP contribution >= 0.6 is 11.3 Å². The van der Waals surface area contributed by atoms with Gasteiger partial charge < -0.3 is 10.4 Å². The summed E-state index contributed by atoms with van der Waals surface area (Å²) in [6.45, 7) is 0.679. The molecule has 2 aromatic rings. The van der Waals surface area contributed by atoms with Gasteiger partial charge in [0.2, 0.25) is 5.91 Å². The van der Waals surface area contributed by atoms with Crippen molar-refractivity contribution in [3.63, 3.8) is 0 Å². The van der Waals surface area contributed by atoms with Crippen molar-refractivity contribution in [3.05, 3.63) is 28.7 Å². The van der Waals surface area contributed by atoms with Crippen molar-refractivity contribution in [2.45, 2.75) is 19.5 Å². The summed E-state index contributed by atoms with van der Waals surface area (Å²) < 4.78 is 1.56. The van der Waals surface area contributed by atoms with E-state index in [9.17, 15) is 9.59 Å². The highest BCUT2D eigenvalue weighted by Crippen LogP contribution is 2.09. The lowest BCUT2D eigenvalue weighted by Crippen LogP contribution is -2.24. The predicted octanol–water partition coefficient (Wildman–Crippen LogP) is 0.139. The SMILES string of the molecule is O=C(CCn1cncn1)NCc1nc(C(=O)O)cs1. The van der Waals surface area contributed by atoms with E-state index in [0.29, 0.717) is 11.6 Å². The van der Waals surface area contributed by atoms with Gasteiger partial charge in [-0.25, -0.2) is 14.8 Å². The van der Waals surface area contributed by atoms with Gasteiger partial charge in [0.25, 0.3) is 0 Å². The van der Waals surface area contributed by atoms with Crippen LogP contribution in [0.15, 0.2) is 18.0 Å². The Balaban J connectivity index is 1.75. The Labute approximate surface area is 112 Å². The van der Waals surface area contributed by atoms with Crippen molar-refractivity contribution in [1.82, 2.24) is 25.1 Å². The molecule has 0 saturated heterocycles. The summed E-state index contributed by atoms with van der Waals surface area (Å²) in [6, 6.07) is 0. The van der Waals surface area contributed by atoms with Crippen molar-refractivity contribution in [3.8, 4) is 0 Å². The molecule has 0 spiro atoms. The van der Waals surface area contributed by atoms with Gasteiger partial charge in [0.1, 0.15) is 17.7 Å². The third-order valence-corrected chi connectivity index (χ3v) is 3.09. The fourth-order valence-electron chi connectivity index (χ4n) is 1.32. The molecule has 0 bridgehead atoms. The Morgan fingerprint density at radius 2 is 2.32 bits per heavy atom. The molecule has 0 aliphatic rings. The number of amides is 1. The second kappa shape index (κ2) is 6.05. The maximum atomic E-state index is 11.5. The Bertz CT molecular complexity index is 565. The van der Waals surface area contributed by atoms with Gasteiger partial charge in [0, 0.05) is 11.8 Å². The van der Waals surface area contributed by atoms with Gasteiger partial charge in [-0.15, -0.1) is 11.3 Å². The van der Waals surface area contributed by atoms with E-state index in [0.717, 1.165) is 0 Å². The number of carboxylic acids is 1. The summed E-state index contributed by atoms with van der Waals surface area (Å²) in [5.41, 5.74) is -0.00290. The molecule has 0 saturated carbocycles. The molecule has 0 unspecified atom stereocenters. The van der Waals surface area contributed by atoms with Crippen LogP contribution in [-0.4, -0.2) is 36.7 Å². The van der Waals surface area contributed by atoms with E-state index in [2.05, 4.69) is 20.4 Å². The lowest BCUT2D eigenvalue weighted by molar-refractivity contribution is -0.121. The number of carboxylic acid groups (broad SMARTS) is 1. The minimum absolute atomic E-state index is 0.00290. The van der Waals surface area contributed by atoms with Crippen LogP contribution in [0, 0.1) is 0 Å². The van der Waals surface area contributed by atoms with E-state index in [1.54, 1.807) is 4.68 Å². The number of aromatic carboxylic acids is 1. The first-order valence-electron chi connectivity index (χ1n) is 5.42. The maximum Gasteiger partial charge on any atom is 0.355 e. The third kappa shape index (κ3) is 3.85. The molecule has 2 rings (SSSR count). The summed E-state index contributed by atoms with van der Waals surface area (Å²) in [5.74, 6) is -1.22. The van der Waals surface area contributed by atoms with Gasteiger partial charge in [0.05, 0.1) is 13.1 Å². The summed E-state index contributed by atoms with van der Waals surface area (Å²) in [6.07, 6.45) is 3.22. The molecule has 100 valence electrons. The Hall–Kier alpha value is -2.29. The molecule has 9 heteroatoms. The van der Waals surface area contributed by atoms with Crippen LogP contribution in [0.4, 0.5) is 0 Å². The fourth-order valence-corrected chi connectivity index (χ4v) is 2.02. The number of carbonyl (C=O) groups excluding carboxylic acids is 1. The van der Waals surface area contributed by atoms with Gasteiger partial charge >= 0.3 is 5.97 Å². The van der Waals surface area contributed by atoms with Crippen LogP contribution in [-0.2, 0) is 17.9 Å². The van der Waals surface area contributed by atoms with E-state index < -0.39 is 5.97 Å². The van der Waals surface area contributed by atoms with Crippen LogP contribution < -0.4 is 5.32 Å². The minimum atomic E-state index is -1.07. The van der Waals surface area contributed by atoms with Crippen molar-refractivity contribution >= 4 is 23.2 Å². The third-order valence-electron chi connectivity index (χ3n) is 2.24.